The standard InChI is InChI=1S/C20H20ClN3O2/c1-26-11-10-23-18-9-5-3-7-16(18)22-20(23)14-12-19(25)24(13-14)17-8-4-2-6-15(17)21/h2-9,14H,10-13H2,1H3. The van der Waals surface area contributed by atoms with Crippen LogP contribution in [0.2, 0.25) is 5.02 Å². The smallest absolute Gasteiger partial charge is 0.227 e. The number of aromatic nitrogens is 2. The molecule has 1 fully saturated rings. The number of halogens is 1. The Labute approximate surface area is 157 Å². The third-order valence-electron chi connectivity index (χ3n) is 4.84. The summed E-state index contributed by atoms with van der Waals surface area (Å²) in [4.78, 5) is 19.3. The first-order valence-corrected chi connectivity index (χ1v) is 9.06. The fourth-order valence-electron chi connectivity index (χ4n) is 3.61. The van der Waals surface area contributed by atoms with E-state index in [9.17, 15) is 4.79 Å². The number of methoxy groups -OCH3 is 1. The second-order valence-corrected chi connectivity index (χ2v) is 6.87. The van der Waals surface area contributed by atoms with Gasteiger partial charge in [-0.05, 0) is 24.3 Å². The third kappa shape index (κ3) is 2.97. The lowest BCUT2D eigenvalue weighted by Crippen LogP contribution is -2.25. The van der Waals surface area contributed by atoms with E-state index < -0.39 is 0 Å². The molecule has 5 nitrogen and oxygen atoms in total. The Morgan fingerprint density at radius 3 is 2.77 bits per heavy atom. The maximum atomic E-state index is 12.7. The van der Waals surface area contributed by atoms with Gasteiger partial charge in [-0.15, -0.1) is 0 Å². The first-order chi connectivity index (χ1) is 12.7. The molecule has 2 heterocycles. The summed E-state index contributed by atoms with van der Waals surface area (Å²) < 4.78 is 7.44. The SMILES string of the molecule is COCCn1c(C2CC(=O)N(c3ccccc3Cl)C2)nc2ccccc21. The fraction of sp³-hybridized carbons (Fsp3) is 0.300. The first kappa shape index (κ1) is 17.1. The van der Waals surface area contributed by atoms with E-state index in [0.717, 1.165) is 22.5 Å². The van der Waals surface area contributed by atoms with Crippen molar-refractivity contribution in [2.45, 2.75) is 18.9 Å². The second-order valence-electron chi connectivity index (χ2n) is 6.46. The molecule has 1 aliphatic rings. The highest BCUT2D eigenvalue weighted by Crippen LogP contribution is 2.35. The Morgan fingerprint density at radius 1 is 1.19 bits per heavy atom. The summed E-state index contributed by atoms with van der Waals surface area (Å²) in [5, 5.41) is 0.592. The highest BCUT2D eigenvalue weighted by molar-refractivity contribution is 6.33. The summed E-state index contributed by atoms with van der Waals surface area (Å²) in [6, 6.07) is 15.5. The molecule has 3 aromatic rings. The van der Waals surface area contributed by atoms with E-state index in [0.29, 0.717) is 31.1 Å². The lowest BCUT2D eigenvalue weighted by Gasteiger charge is -2.18. The highest BCUT2D eigenvalue weighted by atomic mass is 35.5. The normalized spacial score (nSPS) is 17.4. The summed E-state index contributed by atoms with van der Waals surface area (Å²) in [5.41, 5.74) is 2.78. The lowest BCUT2D eigenvalue weighted by molar-refractivity contribution is -0.117. The van der Waals surface area contributed by atoms with Gasteiger partial charge in [-0.1, -0.05) is 35.9 Å². The number of hydrogen-bond acceptors (Lipinski definition) is 3. The summed E-state index contributed by atoms with van der Waals surface area (Å²) >= 11 is 6.30. The van der Waals surface area contributed by atoms with Gasteiger partial charge in [0.1, 0.15) is 5.82 Å². The molecule has 0 saturated carbocycles. The minimum atomic E-state index is 0.0306. The van der Waals surface area contributed by atoms with Crippen molar-refractivity contribution < 1.29 is 9.53 Å². The van der Waals surface area contributed by atoms with Crippen molar-refractivity contribution in [3.63, 3.8) is 0 Å². The lowest BCUT2D eigenvalue weighted by atomic mass is 10.1. The number of ether oxygens (including phenoxy) is 1. The van der Waals surface area contributed by atoms with E-state index in [1.807, 2.05) is 42.5 Å². The van der Waals surface area contributed by atoms with Crippen LogP contribution in [0.3, 0.4) is 0 Å². The van der Waals surface area contributed by atoms with Gasteiger partial charge in [0.2, 0.25) is 5.91 Å². The number of para-hydroxylation sites is 3. The molecule has 1 aliphatic heterocycles. The number of carbonyl (C=O) groups excluding carboxylic acids is 1. The Kier molecular flexibility index (Phi) is 4.66. The molecular formula is C20H20ClN3O2. The molecule has 1 unspecified atom stereocenters. The average molecular weight is 370 g/mol. The van der Waals surface area contributed by atoms with E-state index in [2.05, 4.69) is 10.6 Å². The van der Waals surface area contributed by atoms with Gasteiger partial charge >= 0.3 is 0 Å². The number of hydrogen-bond donors (Lipinski definition) is 0. The van der Waals surface area contributed by atoms with Gasteiger partial charge in [0.15, 0.2) is 0 Å². The van der Waals surface area contributed by atoms with Gasteiger partial charge in [0.05, 0.1) is 28.4 Å². The van der Waals surface area contributed by atoms with Crippen LogP contribution < -0.4 is 4.90 Å². The molecule has 0 aliphatic carbocycles. The van der Waals surface area contributed by atoms with Gasteiger partial charge < -0.3 is 14.2 Å². The Balaban J connectivity index is 1.70. The molecule has 0 radical (unpaired) electrons. The van der Waals surface area contributed by atoms with Crippen molar-refractivity contribution in [2.75, 3.05) is 25.2 Å². The number of amides is 1. The number of carbonyl (C=O) groups is 1. The molecule has 0 N–H and O–H groups in total. The number of nitrogens with zero attached hydrogens (tertiary/aromatic N) is 3. The molecule has 1 atom stereocenters. The summed E-state index contributed by atoms with van der Waals surface area (Å²) in [6.07, 6.45) is 0.432. The van der Waals surface area contributed by atoms with E-state index >= 15 is 0 Å². The van der Waals surface area contributed by atoms with E-state index in [1.165, 1.54) is 0 Å². The van der Waals surface area contributed by atoms with Crippen molar-refractivity contribution in [3.05, 3.63) is 59.4 Å². The summed E-state index contributed by atoms with van der Waals surface area (Å²) in [6.45, 7) is 1.89. The molecule has 26 heavy (non-hydrogen) atoms. The van der Waals surface area contributed by atoms with Crippen molar-refractivity contribution in [1.82, 2.24) is 9.55 Å². The van der Waals surface area contributed by atoms with Crippen molar-refractivity contribution in [3.8, 4) is 0 Å². The van der Waals surface area contributed by atoms with Crippen LogP contribution in [0.4, 0.5) is 5.69 Å². The highest BCUT2D eigenvalue weighted by Gasteiger charge is 2.35. The fourth-order valence-corrected chi connectivity index (χ4v) is 3.85. The first-order valence-electron chi connectivity index (χ1n) is 8.68. The quantitative estimate of drug-likeness (QED) is 0.686. The van der Waals surface area contributed by atoms with Crippen LogP contribution in [0.15, 0.2) is 48.5 Å². The van der Waals surface area contributed by atoms with Gasteiger partial charge in [-0.25, -0.2) is 4.98 Å². The van der Waals surface area contributed by atoms with Crippen LogP contribution in [-0.2, 0) is 16.1 Å². The molecule has 2 aromatic carbocycles. The monoisotopic (exact) mass is 369 g/mol. The third-order valence-corrected chi connectivity index (χ3v) is 5.16. The van der Waals surface area contributed by atoms with Crippen LogP contribution in [-0.4, -0.2) is 35.7 Å². The Bertz CT molecular complexity index is 953. The molecule has 1 amide bonds. The molecule has 6 heteroatoms. The largest absolute Gasteiger partial charge is 0.383 e. The number of rotatable bonds is 5. The van der Waals surface area contributed by atoms with E-state index in [1.54, 1.807) is 12.0 Å². The topological polar surface area (TPSA) is 47.4 Å². The van der Waals surface area contributed by atoms with Crippen LogP contribution >= 0.6 is 11.6 Å². The van der Waals surface area contributed by atoms with Crippen LogP contribution in [0, 0.1) is 0 Å². The zero-order valence-corrected chi connectivity index (χ0v) is 15.3. The van der Waals surface area contributed by atoms with Crippen LogP contribution in [0.25, 0.3) is 11.0 Å². The predicted molar refractivity (Wildman–Crippen MR) is 103 cm³/mol. The van der Waals surface area contributed by atoms with Gasteiger partial charge in [0, 0.05) is 32.5 Å². The van der Waals surface area contributed by atoms with E-state index in [4.69, 9.17) is 21.3 Å². The molecule has 1 aromatic heterocycles. The van der Waals surface area contributed by atoms with E-state index in [-0.39, 0.29) is 11.8 Å². The van der Waals surface area contributed by atoms with Crippen molar-refractivity contribution >= 4 is 34.2 Å². The van der Waals surface area contributed by atoms with Gasteiger partial charge in [-0.2, -0.15) is 0 Å². The van der Waals surface area contributed by atoms with Gasteiger partial charge in [-0.3, -0.25) is 4.79 Å². The zero-order valence-electron chi connectivity index (χ0n) is 14.6. The predicted octanol–water partition coefficient (Wildman–Crippen LogP) is 3.86. The maximum absolute atomic E-state index is 12.7. The zero-order chi connectivity index (χ0) is 18.1. The molecule has 0 bridgehead atoms. The van der Waals surface area contributed by atoms with Crippen molar-refractivity contribution in [2.24, 2.45) is 0 Å². The number of fused-ring (bicyclic) bond motifs is 1. The summed E-state index contributed by atoms with van der Waals surface area (Å²) in [7, 11) is 1.69. The molecule has 1 saturated heterocycles. The Morgan fingerprint density at radius 2 is 1.96 bits per heavy atom. The number of benzene rings is 2. The molecular weight excluding hydrogens is 350 g/mol. The summed E-state index contributed by atoms with van der Waals surface area (Å²) in [5.74, 6) is 1.04. The number of anilines is 1. The Hall–Kier alpha value is -2.37. The van der Waals surface area contributed by atoms with Crippen molar-refractivity contribution in [1.29, 1.82) is 0 Å². The molecule has 134 valence electrons. The minimum absolute atomic E-state index is 0.0306. The molecule has 0 spiro atoms. The number of imidazole rings is 1. The van der Waals surface area contributed by atoms with Gasteiger partial charge in [0.25, 0.3) is 0 Å². The minimum Gasteiger partial charge on any atom is -0.383 e. The average Bonchev–Trinajstić information content (AvgIpc) is 3.21. The maximum Gasteiger partial charge on any atom is 0.227 e. The van der Waals surface area contributed by atoms with Crippen LogP contribution in [0.5, 0.6) is 0 Å². The molecule has 4 rings (SSSR count). The van der Waals surface area contributed by atoms with Crippen LogP contribution in [0.1, 0.15) is 18.2 Å². The second kappa shape index (κ2) is 7.09.